The average molecular weight is 289 g/mol. The first-order valence-electron chi connectivity index (χ1n) is 7.19. The summed E-state index contributed by atoms with van der Waals surface area (Å²) < 4.78 is 26.1. The lowest BCUT2D eigenvalue weighted by molar-refractivity contribution is 0.360. The average Bonchev–Trinajstić information content (AvgIpc) is 2.48. The minimum atomic E-state index is -0.804. The van der Waals surface area contributed by atoms with Gasteiger partial charge in [-0.25, -0.2) is 8.78 Å². The Hall–Kier alpha value is -1.74. The Morgan fingerprint density at radius 2 is 1.62 bits per heavy atom. The maximum atomic E-state index is 13.2. The maximum Gasteiger partial charge on any atom is 0.159 e. The van der Waals surface area contributed by atoms with Gasteiger partial charge in [-0.15, -0.1) is 0 Å². The van der Waals surface area contributed by atoms with E-state index in [1.165, 1.54) is 17.7 Å². The topological polar surface area (TPSA) is 12.0 Å². The maximum absolute atomic E-state index is 13.2. The van der Waals surface area contributed by atoms with Gasteiger partial charge in [0.05, 0.1) is 0 Å². The minimum Gasteiger partial charge on any atom is -0.308 e. The predicted molar refractivity (Wildman–Crippen MR) is 82.0 cm³/mol. The number of aryl methyl sites for hydroxylation is 1. The van der Waals surface area contributed by atoms with Crippen molar-refractivity contribution >= 4 is 0 Å². The van der Waals surface area contributed by atoms with Crippen LogP contribution in [0.4, 0.5) is 8.78 Å². The first kappa shape index (κ1) is 15.6. The summed E-state index contributed by atoms with van der Waals surface area (Å²) in [5.74, 6) is -1.60. The van der Waals surface area contributed by atoms with Gasteiger partial charge in [0, 0.05) is 12.1 Å². The lowest BCUT2D eigenvalue weighted by Gasteiger charge is -2.26. The molecule has 0 aromatic heterocycles. The zero-order valence-corrected chi connectivity index (χ0v) is 12.5. The second-order valence-corrected chi connectivity index (χ2v) is 5.97. The minimum absolute atomic E-state index is 0.0687. The molecule has 0 amide bonds. The van der Waals surface area contributed by atoms with E-state index in [9.17, 15) is 8.78 Å². The third-order valence-corrected chi connectivity index (χ3v) is 3.64. The lowest BCUT2D eigenvalue weighted by atomic mass is 9.95. The van der Waals surface area contributed by atoms with Gasteiger partial charge in [-0.2, -0.15) is 0 Å². The van der Waals surface area contributed by atoms with Crippen molar-refractivity contribution in [1.82, 2.24) is 5.32 Å². The molecule has 21 heavy (non-hydrogen) atoms. The third-order valence-electron chi connectivity index (χ3n) is 3.64. The van der Waals surface area contributed by atoms with Crippen molar-refractivity contribution in [1.29, 1.82) is 0 Å². The Kier molecular flexibility index (Phi) is 5.07. The van der Waals surface area contributed by atoms with Crippen molar-refractivity contribution in [3.8, 4) is 0 Å². The SMILES string of the molecule is CC(C)(CCc1ccccc1)NCc1ccc(F)c(F)c1. The van der Waals surface area contributed by atoms with Crippen LogP contribution in [0.2, 0.25) is 0 Å². The zero-order valence-electron chi connectivity index (χ0n) is 12.5. The number of benzene rings is 2. The quantitative estimate of drug-likeness (QED) is 0.827. The number of hydrogen-bond donors (Lipinski definition) is 1. The van der Waals surface area contributed by atoms with Crippen LogP contribution in [0.1, 0.15) is 31.4 Å². The normalized spacial score (nSPS) is 11.6. The van der Waals surface area contributed by atoms with Gasteiger partial charge in [-0.3, -0.25) is 0 Å². The third kappa shape index (κ3) is 4.94. The van der Waals surface area contributed by atoms with Gasteiger partial charge in [0.2, 0.25) is 0 Å². The van der Waals surface area contributed by atoms with Gasteiger partial charge in [0.1, 0.15) is 0 Å². The van der Waals surface area contributed by atoms with Crippen molar-refractivity contribution in [3.63, 3.8) is 0 Å². The number of rotatable bonds is 6. The van der Waals surface area contributed by atoms with Crippen molar-refractivity contribution in [2.45, 2.75) is 38.8 Å². The van der Waals surface area contributed by atoms with Gasteiger partial charge in [-0.05, 0) is 49.9 Å². The molecule has 0 aliphatic rings. The van der Waals surface area contributed by atoms with E-state index in [1.54, 1.807) is 6.07 Å². The summed E-state index contributed by atoms with van der Waals surface area (Å²) in [6.45, 7) is 4.77. The molecule has 112 valence electrons. The summed E-state index contributed by atoms with van der Waals surface area (Å²) in [6, 6.07) is 14.3. The molecule has 0 radical (unpaired) electrons. The lowest BCUT2D eigenvalue weighted by Crippen LogP contribution is -2.39. The van der Waals surface area contributed by atoms with Crippen molar-refractivity contribution in [2.24, 2.45) is 0 Å². The zero-order chi connectivity index (χ0) is 15.3. The van der Waals surface area contributed by atoms with Crippen LogP contribution in [0.25, 0.3) is 0 Å². The first-order valence-corrected chi connectivity index (χ1v) is 7.19. The highest BCUT2D eigenvalue weighted by Crippen LogP contribution is 2.15. The van der Waals surface area contributed by atoms with Gasteiger partial charge >= 0.3 is 0 Å². The summed E-state index contributed by atoms with van der Waals surface area (Å²) >= 11 is 0. The number of nitrogens with one attached hydrogen (secondary N) is 1. The second kappa shape index (κ2) is 6.81. The fourth-order valence-electron chi connectivity index (χ4n) is 2.18. The fraction of sp³-hybridized carbons (Fsp3) is 0.333. The van der Waals surface area contributed by atoms with Crippen LogP contribution in [0.15, 0.2) is 48.5 Å². The summed E-state index contributed by atoms with van der Waals surface area (Å²) in [7, 11) is 0. The molecule has 0 spiro atoms. The van der Waals surface area contributed by atoms with Crippen molar-refractivity contribution in [3.05, 3.63) is 71.3 Å². The largest absolute Gasteiger partial charge is 0.308 e. The van der Waals surface area contributed by atoms with E-state index in [-0.39, 0.29) is 5.54 Å². The molecule has 2 rings (SSSR count). The molecule has 1 N–H and O–H groups in total. The second-order valence-electron chi connectivity index (χ2n) is 5.97. The monoisotopic (exact) mass is 289 g/mol. The molecule has 0 saturated carbocycles. The van der Waals surface area contributed by atoms with Crippen LogP contribution in [0.3, 0.4) is 0 Å². The molecule has 0 saturated heterocycles. The summed E-state index contributed by atoms with van der Waals surface area (Å²) in [5.41, 5.74) is 1.99. The van der Waals surface area contributed by atoms with Crippen LogP contribution < -0.4 is 5.32 Å². The highest BCUT2D eigenvalue weighted by Gasteiger charge is 2.17. The molecular weight excluding hydrogens is 268 g/mol. The Morgan fingerprint density at radius 1 is 0.905 bits per heavy atom. The van der Waals surface area contributed by atoms with E-state index in [1.807, 2.05) is 18.2 Å². The first-order chi connectivity index (χ1) is 9.96. The number of hydrogen-bond acceptors (Lipinski definition) is 1. The summed E-state index contributed by atoms with van der Waals surface area (Å²) in [6.07, 6.45) is 1.96. The standard InChI is InChI=1S/C18H21F2N/c1-18(2,11-10-14-6-4-3-5-7-14)21-13-15-8-9-16(19)17(20)12-15/h3-9,12,21H,10-11,13H2,1-2H3. The van der Waals surface area contributed by atoms with Crippen LogP contribution >= 0.6 is 0 Å². The molecule has 0 aliphatic carbocycles. The van der Waals surface area contributed by atoms with E-state index < -0.39 is 11.6 Å². The Balaban J connectivity index is 1.87. The Morgan fingerprint density at radius 3 is 2.29 bits per heavy atom. The van der Waals surface area contributed by atoms with Crippen LogP contribution in [0, 0.1) is 11.6 Å². The molecule has 2 aromatic rings. The van der Waals surface area contributed by atoms with Crippen LogP contribution in [-0.2, 0) is 13.0 Å². The molecule has 1 nitrogen and oxygen atoms in total. The number of halogens is 2. The van der Waals surface area contributed by atoms with E-state index in [2.05, 4.69) is 31.3 Å². The summed E-state index contributed by atoms with van der Waals surface area (Å²) in [4.78, 5) is 0. The van der Waals surface area contributed by atoms with Gasteiger partial charge in [-0.1, -0.05) is 36.4 Å². The fourth-order valence-corrected chi connectivity index (χ4v) is 2.18. The van der Waals surface area contributed by atoms with E-state index in [0.29, 0.717) is 6.54 Å². The van der Waals surface area contributed by atoms with Gasteiger partial charge < -0.3 is 5.32 Å². The molecule has 2 aromatic carbocycles. The molecule has 0 atom stereocenters. The Bertz CT molecular complexity index is 579. The molecule has 3 heteroatoms. The molecule has 0 bridgehead atoms. The van der Waals surface area contributed by atoms with E-state index >= 15 is 0 Å². The van der Waals surface area contributed by atoms with E-state index in [4.69, 9.17) is 0 Å². The van der Waals surface area contributed by atoms with E-state index in [0.717, 1.165) is 18.4 Å². The molecule has 0 fully saturated rings. The smallest absolute Gasteiger partial charge is 0.159 e. The van der Waals surface area contributed by atoms with Crippen LogP contribution in [0.5, 0.6) is 0 Å². The Labute approximate surface area is 125 Å². The predicted octanol–water partition coefficient (Wildman–Crippen LogP) is 4.47. The molecule has 0 unspecified atom stereocenters. The highest BCUT2D eigenvalue weighted by atomic mass is 19.2. The van der Waals surface area contributed by atoms with Gasteiger partial charge in [0.15, 0.2) is 11.6 Å². The molecule has 0 aliphatic heterocycles. The van der Waals surface area contributed by atoms with Gasteiger partial charge in [0.25, 0.3) is 0 Å². The molecular formula is C18H21F2N. The van der Waals surface area contributed by atoms with Crippen molar-refractivity contribution in [2.75, 3.05) is 0 Å². The highest BCUT2D eigenvalue weighted by molar-refractivity contribution is 5.18. The van der Waals surface area contributed by atoms with Crippen molar-refractivity contribution < 1.29 is 8.78 Å². The van der Waals surface area contributed by atoms with Crippen LogP contribution in [-0.4, -0.2) is 5.54 Å². The summed E-state index contributed by atoms with van der Waals surface area (Å²) in [5, 5.41) is 3.40. The molecule has 0 heterocycles.